The number of primary amides is 1. The number of carbonyl (C=O) groups is 3. The van der Waals surface area contributed by atoms with Crippen LogP contribution < -0.4 is 21.7 Å². The van der Waals surface area contributed by atoms with Crippen molar-refractivity contribution in [2.45, 2.75) is 0 Å². The molecule has 1 aromatic carbocycles. The molecule has 0 unspecified atom stereocenters. The Morgan fingerprint density at radius 3 is 2.40 bits per heavy atom. The lowest BCUT2D eigenvalue weighted by atomic mass is 10.2. The van der Waals surface area contributed by atoms with Crippen molar-refractivity contribution < 1.29 is 23.9 Å². The molecule has 0 atom stereocenters. The van der Waals surface area contributed by atoms with E-state index in [1.807, 2.05) is 0 Å². The molecule has 0 heterocycles. The molecule has 0 aromatic heterocycles. The van der Waals surface area contributed by atoms with E-state index in [0.717, 1.165) is 18.2 Å². The number of aromatic carboxylic acids is 1. The summed E-state index contributed by atoms with van der Waals surface area (Å²) in [4.78, 5) is 32.3. The van der Waals surface area contributed by atoms with Crippen molar-refractivity contribution in [3.05, 3.63) is 29.6 Å². The standard InChI is InChI=1S/C11H13FN4O4/c12-7-5-6(9(17)18)1-2-8(7)16-11(20)15-4-3-14-10(13)19/h1-2,5H,3-4H2,(H,17,18)(H3,13,14,19)(H2,15,16,20). The van der Waals surface area contributed by atoms with Gasteiger partial charge in [0.2, 0.25) is 0 Å². The zero-order chi connectivity index (χ0) is 15.1. The highest BCUT2D eigenvalue weighted by molar-refractivity contribution is 5.91. The third kappa shape index (κ3) is 4.80. The minimum Gasteiger partial charge on any atom is -0.478 e. The van der Waals surface area contributed by atoms with Crippen molar-refractivity contribution in [1.82, 2.24) is 10.6 Å². The van der Waals surface area contributed by atoms with Crippen LogP contribution in [0.5, 0.6) is 0 Å². The summed E-state index contributed by atoms with van der Waals surface area (Å²) in [5, 5.41) is 15.5. The molecule has 9 heteroatoms. The number of amides is 4. The first-order valence-corrected chi connectivity index (χ1v) is 5.51. The second-order valence-electron chi connectivity index (χ2n) is 3.67. The van der Waals surface area contributed by atoms with E-state index >= 15 is 0 Å². The van der Waals surface area contributed by atoms with Gasteiger partial charge in [0.1, 0.15) is 5.82 Å². The molecule has 4 amide bonds. The number of nitrogens with one attached hydrogen (secondary N) is 3. The molecular weight excluding hydrogens is 271 g/mol. The Bertz CT molecular complexity index is 535. The van der Waals surface area contributed by atoms with E-state index in [1.165, 1.54) is 0 Å². The van der Waals surface area contributed by atoms with Gasteiger partial charge in [0.25, 0.3) is 0 Å². The Labute approximate surface area is 113 Å². The third-order valence-electron chi connectivity index (χ3n) is 2.17. The lowest BCUT2D eigenvalue weighted by molar-refractivity contribution is 0.0696. The molecule has 0 spiro atoms. The van der Waals surface area contributed by atoms with Gasteiger partial charge in [0.15, 0.2) is 0 Å². The SMILES string of the molecule is NC(=O)NCCNC(=O)Nc1ccc(C(=O)O)cc1F. The number of hydrogen-bond acceptors (Lipinski definition) is 3. The number of rotatable bonds is 5. The smallest absolute Gasteiger partial charge is 0.335 e. The fourth-order valence-electron chi connectivity index (χ4n) is 1.28. The number of nitrogens with two attached hydrogens (primary N) is 1. The normalized spacial score (nSPS) is 9.65. The van der Waals surface area contributed by atoms with Gasteiger partial charge in [-0.25, -0.2) is 18.8 Å². The van der Waals surface area contributed by atoms with E-state index < -0.39 is 23.8 Å². The molecule has 0 radical (unpaired) electrons. The maximum Gasteiger partial charge on any atom is 0.335 e. The van der Waals surface area contributed by atoms with Gasteiger partial charge in [-0.2, -0.15) is 0 Å². The topological polar surface area (TPSA) is 134 Å². The van der Waals surface area contributed by atoms with Crippen molar-refractivity contribution in [1.29, 1.82) is 0 Å². The maximum atomic E-state index is 13.5. The van der Waals surface area contributed by atoms with Gasteiger partial charge in [-0.05, 0) is 18.2 Å². The van der Waals surface area contributed by atoms with Gasteiger partial charge < -0.3 is 26.8 Å². The number of carboxylic acid groups (broad SMARTS) is 1. The van der Waals surface area contributed by atoms with Gasteiger partial charge >= 0.3 is 18.0 Å². The van der Waals surface area contributed by atoms with Crippen molar-refractivity contribution in [3.63, 3.8) is 0 Å². The summed E-state index contributed by atoms with van der Waals surface area (Å²) in [6.07, 6.45) is 0. The molecule has 20 heavy (non-hydrogen) atoms. The molecule has 1 aromatic rings. The first kappa shape index (κ1) is 15.2. The minimum atomic E-state index is -1.27. The lowest BCUT2D eigenvalue weighted by Crippen LogP contribution is -2.38. The Morgan fingerprint density at radius 2 is 1.85 bits per heavy atom. The summed E-state index contributed by atoms with van der Waals surface area (Å²) in [5.74, 6) is -2.13. The van der Waals surface area contributed by atoms with Crippen molar-refractivity contribution in [2.24, 2.45) is 5.73 Å². The van der Waals surface area contributed by atoms with Crippen molar-refractivity contribution in [3.8, 4) is 0 Å². The highest BCUT2D eigenvalue weighted by Crippen LogP contribution is 2.15. The number of anilines is 1. The quantitative estimate of drug-likeness (QED) is 0.497. The number of carboxylic acids is 1. The summed E-state index contributed by atoms with van der Waals surface area (Å²) in [6, 6.07) is 1.68. The number of halogens is 1. The first-order valence-electron chi connectivity index (χ1n) is 5.51. The second-order valence-corrected chi connectivity index (χ2v) is 3.67. The van der Waals surface area contributed by atoms with Crippen LogP contribution in [0.4, 0.5) is 19.7 Å². The van der Waals surface area contributed by atoms with E-state index in [1.54, 1.807) is 0 Å². The Hall–Kier alpha value is -2.84. The van der Waals surface area contributed by atoms with Crippen LogP contribution in [-0.2, 0) is 0 Å². The fourth-order valence-corrected chi connectivity index (χ4v) is 1.28. The summed E-state index contributed by atoms with van der Waals surface area (Å²) >= 11 is 0. The van der Waals surface area contributed by atoms with Crippen LogP contribution in [0, 0.1) is 5.82 Å². The molecular formula is C11H13FN4O4. The van der Waals surface area contributed by atoms with E-state index in [9.17, 15) is 18.8 Å². The second kappa shape index (κ2) is 6.92. The molecule has 6 N–H and O–H groups in total. The number of urea groups is 2. The van der Waals surface area contributed by atoms with Crippen LogP contribution in [0.1, 0.15) is 10.4 Å². The monoisotopic (exact) mass is 284 g/mol. The van der Waals surface area contributed by atoms with Crippen LogP contribution in [0.2, 0.25) is 0 Å². The molecule has 0 aliphatic rings. The van der Waals surface area contributed by atoms with Crippen molar-refractivity contribution in [2.75, 3.05) is 18.4 Å². The molecule has 0 aliphatic carbocycles. The molecule has 0 bridgehead atoms. The molecule has 1 rings (SSSR count). The highest BCUT2D eigenvalue weighted by atomic mass is 19.1. The molecule has 108 valence electrons. The molecule has 0 saturated carbocycles. The number of carbonyl (C=O) groups excluding carboxylic acids is 2. The van der Waals surface area contributed by atoms with Crippen LogP contribution in [0.3, 0.4) is 0 Å². The van der Waals surface area contributed by atoms with Gasteiger partial charge in [0, 0.05) is 13.1 Å². The van der Waals surface area contributed by atoms with E-state index in [-0.39, 0.29) is 24.3 Å². The number of benzene rings is 1. The van der Waals surface area contributed by atoms with Crippen LogP contribution in [0.15, 0.2) is 18.2 Å². The molecule has 0 fully saturated rings. The highest BCUT2D eigenvalue weighted by Gasteiger charge is 2.10. The average Bonchev–Trinajstić information content (AvgIpc) is 2.36. The Morgan fingerprint density at radius 1 is 1.20 bits per heavy atom. The molecule has 0 saturated heterocycles. The van der Waals surface area contributed by atoms with Gasteiger partial charge in [-0.1, -0.05) is 0 Å². The van der Waals surface area contributed by atoms with E-state index in [4.69, 9.17) is 10.8 Å². The first-order chi connectivity index (χ1) is 9.40. The summed E-state index contributed by atoms with van der Waals surface area (Å²) in [6.45, 7) is 0.229. The predicted molar refractivity (Wildman–Crippen MR) is 68.0 cm³/mol. The summed E-state index contributed by atoms with van der Waals surface area (Å²) < 4.78 is 13.5. The van der Waals surface area contributed by atoms with E-state index in [2.05, 4.69) is 16.0 Å². The fraction of sp³-hybridized carbons (Fsp3) is 0.182. The van der Waals surface area contributed by atoms with Gasteiger partial charge in [0.05, 0.1) is 11.3 Å². The Balaban J connectivity index is 2.50. The predicted octanol–water partition coefficient (Wildman–Crippen LogP) is 0.314. The Kier molecular flexibility index (Phi) is 5.27. The average molecular weight is 284 g/mol. The zero-order valence-electron chi connectivity index (χ0n) is 10.3. The van der Waals surface area contributed by atoms with Crippen molar-refractivity contribution >= 4 is 23.7 Å². The summed E-state index contributed by atoms with van der Waals surface area (Å²) in [7, 11) is 0. The van der Waals surface area contributed by atoms with Crippen LogP contribution in [0.25, 0.3) is 0 Å². The van der Waals surface area contributed by atoms with E-state index in [0.29, 0.717) is 0 Å². The molecule has 0 aliphatic heterocycles. The van der Waals surface area contributed by atoms with Crippen LogP contribution in [-0.4, -0.2) is 36.2 Å². The number of hydrogen-bond donors (Lipinski definition) is 5. The zero-order valence-corrected chi connectivity index (χ0v) is 10.3. The lowest BCUT2D eigenvalue weighted by Gasteiger charge is -2.09. The van der Waals surface area contributed by atoms with Gasteiger partial charge in [-0.15, -0.1) is 0 Å². The molecule has 8 nitrogen and oxygen atoms in total. The maximum absolute atomic E-state index is 13.5. The minimum absolute atomic E-state index is 0.101. The third-order valence-corrected chi connectivity index (χ3v) is 2.17. The largest absolute Gasteiger partial charge is 0.478 e. The summed E-state index contributed by atoms with van der Waals surface area (Å²) in [5.41, 5.74) is 4.44. The van der Waals surface area contributed by atoms with Crippen LogP contribution >= 0.6 is 0 Å². The van der Waals surface area contributed by atoms with Gasteiger partial charge in [-0.3, -0.25) is 0 Å².